The maximum absolute atomic E-state index is 10.0. The molecule has 0 amide bonds. The molecule has 4 atom stereocenters. The molecular weight excluding hydrogens is 212 g/mol. The molecule has 2 fully saturated rings. The molecule has 2 aliphatic rings. The summed E-state index contributed by atoms with van der Waals surface area (Å²) in [6, 6.07) is 0. The maximum Gasteiger partial charge on any atom is 0.0978 e. The Bertz CT molecular complexity index is 354. The molecule has 0 aromatic rings. The van der Waals surface area contributed by atoms with Gasteiger partial charge in [-0.2, -0.15) is 0 Å². The predicted molar refractivity (Wildman–Crippen MR) is 69.7 cm³/mol. The van der Waals surface area contributed by atoms with E-state index >= 15 is 0 Å². The Hall–Kier alpha value is -0.600. The highest BCUT2D eigenvalue weighted by Crippen LogP contribution is 2.58. The lowest BCUT2D eigenvalue weighted by Crippen LogP contribution is -2.45. The van der Waals surface area contributed by atoms with E-state index in [9.17, 15) is 5.11 Å². The lowest BCUT2D eigenvalue weighted by molar-refractivity contribution is -0.0183. The van der Waals surface area contributed by atoms with Crippen LogP contribution in [0.25, 0.3) is 0 Å². The molecule has 17 heavy (non-hydrogen) atoms. The van der Waals surface area contributed by atoms with Gasteiger partial charge in [-0.25, -0.2) is 0 Å². The van der Waals surface area contributed by atoms with Crippen molar-refractivity contribution < 1.29 is 9.84 Å². The topological polar surface area (TPSA) is 29.5 Å². The van der Waals surface area contributed by atoms with Gasteiger partial charge in [0.2, 0.25) is 0 Å². The van der Waals surface area contributed by atoms with E-state index in [0.29, 0.717) is 12.0 Å². The third-order valence-electron chi connectivity index (χ3n) is 4.59. The monoisotopic (exact) mass is 236 g/mol. The maximum atomic E-state index is 10.0. The molecule has 2 unspecified atom stereocenters. The van der Waals surface area contributed by atoms with Crippen molar-refractivity contribution in [3.05, 3.63) is 24.8 Å². The summed E-state index contributed by atoms with van der Waals surface area (Å²) in [5.74, 6) is 0.508. The number of hydrogen-bond acceptors (Lipinski definition) is 2. The molecule has 2 bridgehead atoms. The van der Waals surface area contributed by atoms with Crippen LogP contribution in [0.2, 0.25) is 0 Å². The van der Waals surface area contributed by atoms with E-state index < -0.39 is 5.60 Å². The first-order valence-electron chi connectivity index (χ1n) is 6.47. The summed E-state index contributed by atoms with van der Waals surface area (Å²) in [5.41, 5.74) is -1.03. The SMILES string of the molecule is C=CC(C)(O)C=CC12O[C@H](C[C@H]1C)CC2(C)C. The summed E-state index contributed by atoms with van der Waals surface area (Å²) in [4.78, 5) is 0. The van der Waals surface area contributed by atoms with Crippen molar-refractivity contribution in [1.29, 1.82) is 0 Å². The molecule has 2 rings (SSSR count). The third-order valence-corrected chi connectivity index (χ3v) is 4.59. The zero-order valence-electron chi connectivity index (χ0n) is 11.4. The van der Waals surface area contributed by atoms with Gasteiger partial charge in [0.15, 0.2) is 0 Å². The Kier molecular flexibility index (Phi) is 2.79. The molecule has 0 aromatic carbocycles. The van der Waals surface area contributed by atoms with E-state index in [0.717, 1.165) is 12.8 Å². The van der Waals surface area contributed by atoms with Crippen molar-refractivity contribution in [3.63, 3.8) is 0 Å². The minimum absolute atomic E-state index is 0.142. The summed E-state index contributed by atoms with van der Waals surface area (Å²) in [5, 5.41) is 10.0. The molecule has 0 aromatic heterocycles. The first-order chi connectivity index (χ1) is 7.72. The first kappa shape index (κ1) is 12.8. The van der Waals surface area contributed by atoms with Crippen LogP contribution in [0.15, 0.2) is 24.8 Å². The van der Waals surface area contributed by atoms with Gasteiger partial charge in [0.1, 0.15) is 0 Å². The molecule has 2 heterocycles. The van der Waals surface area contributed by atoms with Crippen LogP contribution in [-0.4, -0.2) is 22.4 Å². The van der Waals surface area contributed by atoms with Crippen molar-refractivity contribution in [1.82, 2.24) is 0 Å². The predicted octanol–water partition coefficient (Wildman–Crippen LogP) is 3.07. The average molecular weight is 236 g/mol. The van der Waals surface area contributed by atoms with Crippen LogP contribution in [0.3, 0.4) is 0 Å². The van der Waals surface area contributed by atoms with Gasteiger partial charge in [-0.15, -0.1) is 0 Å². The Morgan fingerprint density at radius 2 is 2.12 bits per heavy atom. The molecule has 1 N–H and O–H groups in total. The second kappa shape index (κ2) is 3.69. The molecule has 2 nitrogen and oxygen atoms in total. The fourth-order valence-corrected chi connectivity index (χ4v) is 3.48. The van der Waals surface area contributed by atoms with Gasteiger partial charge in [-0.3, -0.25) is 0 Å². The fourth-order valence-electron chi connectivity index (χ4n) is 3.48. The van der Waals surface area contributed by atoms with E-state index in [-0.39, 0.29) is 11.0 Å². The van der Waals surface area contributed by atoms with E-state index in [2.05, 4.69) is 33.4 Å². The third kappa shape index (κ3) is 1.88. The summed E-state index contributed by atoms with van der Waals surface area (Å²) < 4.78 is 6.20. The van der Waals surface area contributed by atoms with Crippen molar-refractivity contribution >= 4 is 0 Å². The number of fused-ring (bicyclic) bond motifs is 2. The van der Waals surface area contributed by atoms with Crippen molar-refractivity contribution in [2.75, 3.05) is 0 Å². The van der Waals surface area contributed by atoms with Gasteiger partial charge in [0.25, 0.3) is 0 Å². The van der Waals surface area contributed by atoms with E-state index in [1.54, 1.807) is 13.0 Å². The Balaban J connectivity index is 2.31. The minimum atomic E-state index is -0.950. The Labute approximate surface area is 104 Å². The zero-order chi connectivity index (χ0) is 12.9. The van der Waals surface area contributed by atoms with Crippen LogP contribution < -0.4 is 0 Å². The smallest absolute Gasteiger partial charge is 0.0978 e. The molecule has 96 valence electrons. The minimum Gasteiger partial charge on any atom is -0.382 e. The van der Waals surface area contributed by atoms with Gasteiger partial charge >= 0.3 is 0 Å². The Morgan fingerprint density at radius 1 is 1.47 bits per heavy atom. The standard InChI is InChI=1S/C15H24O2/c1-6-14(5,16)7-8-15-11(2)9-12(17-15)10-13(15,3)4/h6-8,11-12,16H,1,9-10H2,2-5H3/t11-,12-,14?,15?/m1/s1. The van der Waals surface area contributed by atoms with E-state index in [1.807, 2.05) is 6.08 Å². The number of rotatable bonds is 3. The summed E-state index contributed by atoms with van der Waals surface area (Å²) >= 11 is 0. The quantitative estimate of drug-likeness (QED) is 0.763. The molecule has 0 saturated carbocycles. The van der Waals surface area contributed by atoms with E-state index in [4.69, 9.17) is 4.74 Å². The van der Waals surface area contributed by atoms with Gasteiger partial charge in [0.05, 0.1) is 17.3 Å². The van der Waals surface area contributed by atoms with Crippen LogP contribution in [0.1, 0.15) is 40.5 Å². The molecule has 0 spiro atoms. The number of aliphatic hydroxyl groups is 1. The lowest BCUT2D eigenvalue weighted by Gasteiger charge is -2.41. The van der Waals surface area contributed by atoms with Crippen LogP contribution in [0, 0.1) is 11.3 Å². The molecule has 0 aliphatic carbocycles. The van der Waals surface area contributed by atoms with Crippen molar-refractivity contribution in [3.8, 4) is 0 Å². The van der Waals surface area contributed by atoms with Crippen molar-refractivity contribution in [2.45, 2.75) is 57.8 Å². The van der Waals surface area contributed by atoms with Gasteiger partial charge < -0.3 is 9.84 Å². The van der Waals surface area contributed by atoms with Crippen LogP contribution >= 0.6 is 0 Å². The lowest BCUT2D eigenvalue weighted by atomic mass is 9.63. The zero-order valence-corrected chi connectivity index (χ0v) is 11.4. The molecule has 0 radical (unpaired) electrons. The van der Waals surface area contributed by atoms with Crippen molar-refractivity contribution in [2.24, 2.45) is 11.3 Å². The molecular formula is C15H24O2. The highest BCUT2D eigenvalue weighted by Gasteiger charge is 2.60. The molecule has 2 heteroatoms. The second-order valence-electron chi connectivity index (χ2n) is 6.52. The first-order valence-corrected chi connectivity index (χ1v) is 6.47. The van der Waals surface area contributed by atoms with Gasteiger partial charge in [-0.05, 0) is 25.7 Å². The molecule has 2 saturated heterocycles. The summed E-state index contributed by atoms with van der Waals surface area (Å²) in [7, 11) is 0. The van der Waals surface area contributed by atoms with Crippen LogP contribution in [-0.2, 0) is 4.74 Å². The van der Waals surface area contributed by atoms with Gasteiger partial charge in [0, 0.05) is 5.41 Å². The van der Waals surface area contributed by atoms with E-state index in [1.165, 1.54) is 0 Å². The average Bonchev–Trinajstić information content (AvgIpc) is 2.64. The Morgan fingerprint density at radius 3 is 2.59 bits per heavy atom. The van der Waals surface area contributed by atoms with Crippen LogP contribution in [0.4, 0.5) is 0 Å². The number of ether oxygens (including phenoxy) is 1. The normalized spacial score (nSPS) is 42.9. The van der Waals surface area contributed by atoms with Gasteiger partial charge in [-0.1, -0.05) is 45.6 Å². The largest absolute Gasteiger partial charge is 0.382 e. The summed E-state index contributed by atoms with van der Waals surface area (Å²) in [6.45, 7) is 12.2. The fraction of sp³-hybridized carbons (Fsp3) is 0.733. The number of hydrogen-bond donors (Lipinski definition) is 1. The molecule has 2 aliphatic heterocycles. The van der Waals surface area contributed by atoms with Crippen LogP contribution in [0.5, 0.6) is 0 Å². The highest BCUT2D eigenvalue weighted by molar-refractivity contribution is 5.23. The summed E-state index contributed by atoms with van der Waals surface area (Å²) in [6.07, 6.45) is 8.08. The second-order valence-corrected chi connectivity index (χ2v) is 6.52. The highest BCUT2D eigenvalue weighted by atomic mass is 16.5.